The third-order valence-electron chi connectivity index (χ3n) is 15.4. The first kappa shape index (κ1) is 29.9. The molecule has 8 aliphatic rings. The van der Waals surface area contributed by atoms with E-state index in [4.69, 9.17) is 4.74 Å². The third kappa shape index (κ3) is 4.35. The quantitative estimate of drug-likeness (QED) is 0.423. The second-order valence-corrected chi connectivity index (χ2v) is 17.4. The highest BCUT2D eigenvalue weighted by Crippen LogP contribution is 2.70. The number of hydrogen-bond acceptors (Lipinski definition) is 6. The summed E-state index contributed by atoms with van der Waals surface area (Å²) >= 11 is 0. The van der Waals surface area contributed by atoms with Crippen LogP contribution < -0.4 is 16.0 Å². The van der Waals surface area contributed by atoms with Crippen molar-refractivity contribution in [1.82, 2.24) is 20.9 Å². The topological polar surface area (TPSA) is 99.8 Å². The van der Waals surface area contributed by atoms with Gasteiger partial charge in [-0.25, -0.2) is 0 Å². The third-order valence-corrected chi connectivity index (χ3v) is 15.4. The second kappa shape index (κ2) is 10.5. The molecule has 4 saturated carbocycles. The molecular formula is C36H56N4O4. The summed E-state index contributed by atoms with van der Waals surface area (Å²) in [6, 6.07) is 0.138. The molecule has 244 valence electrons. The molecule has 4 heterocycles. The average Bonchev–Trinajstić information content (AvgIpc) is 3.72. The molecule has 8 fully saturated rings. The zero-order valence-corrected chi connectivity index (χ0v) is 27.5. The van der Waals surface area contributed by atoms with Gasteiger partial charge in [0.05, 0.1) is 6.10 Å². The summed E-state index contributed by atoms with van der Waals surface area (Å²) in [5.74, 6) is 4.82. The van der Waals surface area contributed by atoms with Crippen LogP contribution in [0.4, 0.5) is 0 Å². The van der Waals surface area contributed by atoms with E-state index < -0.39 is 0 Å². The zero-order valence-electron chi connectivity index (χ0n) is 27.5. The molecule has 0 aromatic rings. The summed E-state index contributed by atoms with van der Waals surface area (Å²) in [6.07, 6.45) is 9.55. The van der Waals surface area contributed by atoms with E-state index in [0.29, 0.717) is 59.0 Å². The molecule has 0 radical (unpaired) electrons. The number of ether oxygens (including phenoxy) is 1. The number of rotatable bonds is 3. The van der Waals surface area contributed by atoms with Crippen LogP contribution >= 0.6 is 0 Å². The van der Waals surface area contributed by atoms with E-state index in [1.807, 2.05) is 4.90 Å². The Balaban J connectivity index is 0.910. The van der Waals surface area contributed by atoms with E-state index >= 15 is 0 Å². The maximum absolute atomic E-state index is 14.4. The predicted molar refractivity (Wildman–Crippen MR) is 167 cm³/mol. The maximum atomic E-state index is 14.4. The molecule has 0 bridgehead atoms. The Morgan fingerprint density at radius 1 is 0.977 bits per heavy atom. The number of carbonyl (C=O) groups excluding carboxylic acids is 3. The number of hydrogen-bond donors (Lipinski definition) is 3. The van der Waals surface area contributed by atoms with Crippen LogP contribution in [0, 0.1) is 64.1 Å². The van der Waals surface area contributed by atoms with Crippen molar-refractivity contribution in [3.63, 3.8) is 0 Å². The van der Waals surface area contributed by atoms with Crippen molar-refractivity contribution in [1.29, 1.82) is 0 Å². The standard InChI is InChI=1S/C36H56N4O4/c1-20-7-10-36(38-15-20)21(2)33-29(44-36)12-28-26-6-5-24-11-25(8-9-34(24,3)27(26)13-30(41)35(28,33)4)39-31(42)14-32(43)40-18-22-16-37-17-23(22)19-40/h20-29,33,37-38H,5-19H2,1-4H3,(H,39,42)/t20-,21+,22?,23?,24+,25+,26-,27+,28+,29+,33+,34+,35-,36-/m1/s1. The molecular weight excluding hydrogens is 552 g/mol. The number of carbonyl (C=O) groups is 3. The Morgan fingerprint density at radius 3 is 2.48 bits per heavy atom. The molecule has 8 rings (SSSR count). The fraction of sp³-hybridized carbons (Fsp3) is 0.917. The van der Waals surface area contributed by atoms with Crippen molar-refractivity contribution >= 4 is 17.6 Å². The van der Waals surface area contributed by atoms with Crippen molar-refractivity contribution < 1.29 is 19.1 Å². The molecule has 4 aliphatic carbocycles. The molecule has 8 nitrogen and oxygen atoms in total. The van der Waals surface area contributed by atoms with Crippen LogP contribution in [-0.4, -0.2) is 73.1 Å². The molecule has 14 atom stereocenters. The molecule has 2 unspecified atom stereocenters. The minimum absolute atomic E-state index is 0.0128. The normalized spacial score (nSPS) is 52.7. The molecule has 4 aliphatic heterocycles. The maximum Gasteiger partial charge on any atom is 0.232 e. The van der Waals surface area contributed by atoms with Gasteiger partial charge in [-0.15, -0.1) is 0 Å². The Labute approximate surface area is 263 Å². The summed E-state index contributed by atoms with van der Waals surface area (Å²) in [7, 11) is 0. The minimum Gasteiger partial charge on any atom is -0.357 e. The van der Waals surface area contributed by atoms with Crippen LogP contribution in [0.25, 0.3) is 0 Å². The predicted octanol–water partition coefficient (Wildman–Crippen LogP) is 3.74. The Bertz CT molecular complexity index is 1190. The molecule has 3 N–H and O–H groups in total. The van der Waals surface area contributed by atoms with Gasteiger partial charge in [-0.1, -0.05) is 27.7 Å². The van der Waals surface area contributed by atoms with E-state index in [2.05, 4.69) is 43.6 Å². The number of nitrogens with zero attached hydrogens (tertiary/aromatic N) is 1. The highest BCUT2D eigenvalue weighted by Gasteiger charge is 2.71. The zero-order chi connectivity index (χ0) is 30.6. The van der Waals surface area contributed by atoms with Gasteiger partial charge in [0.15, 0.2) is 0 Å². The van der Waals surface area contributed by atoms with Crippen molar-refractivity contribution in [2.75, 3.05) is 32.7 Å². The van der Waals surface area contributed by atoms with Crippen LogP contribution in [0.1, 0.15) is 91.9 Å². The van der Waals surface area contributed by atoms with Crippen LogP contribution in [0.15, 0.2) is 0 Å². The average molecular weight is 609 g/mol. The van der Waals surface area contributed by atoms with Gasteiger partial charge < -0.3 is 20.3 Å². The summed E-state index contributed by atoms with van der Waals surface area (Å²) in [4.78, 5) is 42.2. The van der Waals surface area contributed by atoms with E-state index in [9.17, 15) is 14.4 Å². The number of piperidine rings is 1. The molecule has 8 heteroatoms. The van der Waals surface area contributed by atoms with Gasteiger partial charge >= 0.3 is 0 Å². The van der Waals surface area contributed by atoms with Crippen molar-refractivity contribution in [2.24, 2.45) is 64.1 Å². The van der Waals surface area contributed by atoms with Gasteiger partial charge in [-0.3, -0.25) is 19.7 Å². The fourth-order valence-electron chi connectivity index (χ4n) is 12.8. The monoisotopic (exact) mass is 608 g/mol. The van der Waals surface area contributed by atoms with Gasteiger partial charge in [0.2, 0.25) is 11.8 Å². The number of likely N-dealkylation sites (tertiary alicyclic amines) is 1. The van der Waals surface area contributed by atoms with Crippen molar-refractivity contribution in [2.45, 2.75) is 110 Å². The highest BCUT2D eigenvalue weighted by atomic mass is 16.5. The highest BCUT2D eigenvalue weighted by molar-refractivity contribution is 5.97. The van der Waals surface area contributed by atoms with Gasteiger partial charge in [0.1, 0.15) is 17.9 Å². The smallest absolute Gasteiger partial charge is 0.232 e. The fourth-order valence-corrected chi connectivity index (χ4v) is 12.8. The number of ketones is 1. The molecule has 4 saturated heterocycles. The van der Waals surface area contributed by atoms with Crippen LogP contribution in [0.2, 0.25) is 0 Å². The van der Waals surface area contributed by atoms with E-state index in [1.54, 1.807) is 0 Å². The minimum atomic E-state index is -0.273. The lowest BCUT2D eigenvalue weighted by atomic mass is 9.44. The van der Waals surface area contributed by atoms with Crippen LogP contribution in [-0.2, 0) is 19.1 Å². The number of fused-ring (bicyclic) bond motifs is 8. The van der Waals surface area contributed by atoms with Crippen LogP contribution in [0.3, 0.4) is 0 Å². The van der Waals surface area contributed by atoms with E-state index in [-0.39, 0.29) is 46.9 Å². The van der Waals surface area contributed by atoms with E-state index in [1.165, 1.54) is 19.3 Å². The number of amides is 2. The first-order valence-corrected chi connectivity index (χ1v) is 18.3. The summed E-state index contributed by atoms with van der Waals surface area (Å²) in [5, 5.41) is 10.5. The SMILES string of the molecule is C[C@@H]1CC[C@@]2(NC1)O[C@H]1C[C@H]3[C@@H]4CC[C@H]5C[C@@H](NC(=O)CC(=O)N6CC7CNCC7C6)CC[C@]5(C)[C@H]4CC(=O)[C@]3(C)[C@H]1[C@@H]2C. The number of Topliss-reactive ketones (excluding diaryl/α,β-unsaturated/α-hetero) is 1. The molecule has 44 heavy (non-hydrogen) atoms. The van der Waals surface area contributed by atoms with E-state index in [0.717, 1.165) is 71.2 Å². The second-order valence-electron chi connectivity index (χ2n) is 17.4. The van der Waals surface area contributed by atoms with Crippen LogP contribution in [0.5, 0.6) is 0 Å². The summed E-state index contributed by atoms with van der Waals surface area (Å²) in [5.41, 5.74) is -0.370. The van der Waals surface area contributed by atoms with Gasteiger partial charge in [0.25, 0.3) is 0 Å². The summed E-state index contributed by atoms with van der Waals surface area (Å²) in [6.45, 7) is 14.1. The summed E-state index contributed by atoms with van der Waals surface area (Å²) < 4.78 is 6.99. The Hall–Kier alpha value is -1.51. The molecule has 2 amide bonds. The lowest BCUT2D eigenvalue weighted by Crippen LogP contribution is -2.60. The lowest BCUT2D eigenvalue weighted by Gasteiger charge is -2.60. The largest absolute Gasteiger partial charge is 0.357 e. The molecule has 0 aromatic heterocycles. The Morgan fingerprint density at radius 2 is 1.75 bits per heavy atom. The Kier molecular flexibility index (Phi) is 7.13. The van der Waals surface area contributed by atoms with Crippen molar-refractivity contribution in [3.05, 3.63) is 0 Å². The molecule has 0 aromatic carbocycles. The van der Waals surface area contributed by atoms with Gasteiger partial charge in [-0.2, -0.15) is 0 Å². The number of nitrogens with one attached hydrogen (secondary N) is 3. The lowest BCUT2D eigenvalue weighted by molar-refractivity contribution is -0.160. The molecule has 1 spiro atoms. The van der Waals surface area contributed by atoms with Gasteiger partial charge in [-0.05, 0) is 98.2 Å². The van der Waals surface area contributed by atoms with Gasteiger partial charge in [0, 0.05) is 62.4 Å². The van der Waals surface area contributed by atoms with Crippen molar-refractivity contribution in [3.8, 4) is 0 Å². The first-order valence-electron chi connectivity index (χ1n) is 18.3. The first-order chi connectivity index (χ1) is 21.0.